The predicted octanol–water partition coefficient (Wildman–Crippen LogP) is 2.99. The van der Waals surface area contributed by atoms with E-state index in [9.17, 15) is 18.3 Å². The number of alkyl carbamates (subject to hydrolysis) is 1. The highest BCUT2D eigenvalue weighted by Gasteiger charge is 2.35. The SMILES string of the molecule is COc1ccc(S(=O)(=O)C2CC(ONC[C@@H](O)[C@H](Cc3ccccc3)NC(=O)OC(C)(C)C)CCO2)cc1. The van der Waals surface area contributed by atoms with Crippen LogP contribution in [0.15, 0.2) is 59.5 Å². The second-order valence-electron chi connectivity index (χ2n) is 10.1. The lowest BCUT2D eigenvalue weighted by Crippen LogP contribution is -2.50. The minimum absolute atomic E-state index is 0.000547. The molecule has 3 rings (SSSR count). The minimum Gasteiger partial charge on any atom is -0.497 e. The van der Waals surface area contributed by atoms with Crippen molar-refractivity contribution in [1.29, 1.82) is 0 Å². The van der Waals surface area contributed by atoms with Crippen molar-refractivity contribution in [3.63, 3.8) is 0 Å². The first kappa shape index (κ1) is 29.9. The van der Waals surface area contributed by atoms with Crippen molar-refractivity contribution >= 4 is 15.9 Å². The Labute approximate surface area is 224 Å². The molecule has 2 aromatic carbocycles. The van der Waals surface area contributed by atoms with Gasteiger partial charge >= 0.3 is 6.09 Å². The number of methoxy groups -OCH3 is 1. The summed E-state index contributed by atoms with van der Waals surface area (Å²) in [6.45, 7) is 5.51. The van der Waals surface area contributed by atoms with E-state index < -0.39 is 45.2 Å². The standard InChI is InChI=1S/C27H38N2O8S/c1-27(2,3)36-26(31)29-23(16-19-8-6-5-7-9-19)24(30)18-28-37-21-14-15-35-25(17-21)38(32,33)22-12-10-20(34-4)11-13-22/h5-13,21,23-25,28,30H,14-18H2,1-4H3,(H,29,31)/t21?,23-,24+,25?/m0/s1. The van der Waals surface area contributed by atoms with Gasteiger partial charge in [0.25, 0.3) is 0 Å². The van der Waals surface area contributed by atoms with Crippen LogP contribution in [0.2, 0.25) is 0 Å². The maximum absolute atomic E-state index is 13.0. The van der Waals surface area contributed by atoms with Crippen LogP contribution in [0, 0.1) is 0 Å². The lowest BCUT2D eigenvalue weighted by Gasteiger charge is -2.30. The summed E-state index contributed by atoms with van der Waals surface area (Å²) in [6, 6.07) is 15.0. The van der Waals surface area contributed by atoms with E-state index in [0.29, 0.717) is 18.6 Å². The third-order valence-corrected chi connectivity index (χ3v) is 7.89. The molecule has 0 spiro atoms. The van der Waals surface area contributed by atoms with Gasteiger partial charge in [-0.05, 0) is 63.4 Å². The topological polar surface area (TPSA) is 132 Å². The van der Waals surface area contributed by atoms with Gasteiger partial charge in [-0.15, -0.1) is 0 Å². The molecule has 1 aliphatic rings. The zero-order valence-electron chi connectivity index (χ0n) is 22.3. The number of carbonyl (C=O) groups is 1. The third kappa shape index (κ3) is 8.95. The van der Waals surface area contributed by atoms with Gasteiger partial charge in [0, 0.05) is 13.0 Å². The largest absolute Gasteiger partial charge is 0.497 e. The second-order valence-corrected chi connectivity index (χ2v) is 12.2. The second kappa shape index (κ2) is 13.4. The Morgan fingerprint density at radius 3 is 2.45 bits per heavy atom. The number of amides is 1. The lowest BCUT2D eigenvalue weighted by molar-refractivity contribution is -0.0956. The molecule has 1 aliphatic heterocycles. The van der Waals surface area contributed by atoms with Crippen LogP contribution in [0.3, 0.4) is 0 Å². The summed E-state index contributed by atoms with van der Waals surface area (Å²) in [5, 5.41) is 13.6. The normalized spacial score (nSPS) is 19.8. The van der Waals surface area contributed by atoms with Gasteiger partial charge in [0.1, 0.15) is 11.4 Å². The van der Waals surface area contributed by atoms with Crippen molar-refractivity contribution in [2.75, 3.05) is 20.3 Å². The Hall–Kier alpha value is -2.70. The molecule has 10 nitrogen and oxygen atoms in total. The van der Waals surface area contributed by atoms with Gasteiger partial charge in [0.15, 0.2) is 5.44 Å². The van der Waals surface area contributed by atoms with Crippen LogP contribution in [0.5, 0.6) is 5.75 Å². The van der Waals surface area contributed by atoms with Crippen LogP contribution in [-0.2, 0) is 30.6 Å². The van der Waals surface area contributed by atoms with Gasteiger partial charge in [0.05, 0.1) is 36.9 Å². The molecule has 2 aromatic rings. The number of rotatable bonds is 11. The number of aliphatic hydroxyl groups excluding tert-OH is 1. The summed E-state index contributed by atoms with van der Waals surface area (Å²) in [6.07, 6.45) is -1.10. The summed E-state index contributed by atoms with van der Waals surface area (Å²) in [5.41, 5.74) is 1.96. The first-order chi connectivity index (χ1) is 18.0. The van der Waals surface area contributed by atoms with Crippen LogP contribution >= 0.6 is 0 Å². The highest BCUT2D eigenvalue weighted by atomic mass is 32.2. The van der Waals surface area contributed by atoms with Crippen LogP contribution < -0.4 is 15.5 Å². The Bertz CT molecular complexity index is 1120. The molecule has 0 aromatic heterocycles. The fraction of sp³-hybridized carbons (Fsp3) is 0.519. The summed E-state index contributed by atoms with van der Waals surface area (Å²) in [4.78, 5) is 18.3. The third-order valence-electron chi connectivity index (χ3n) is 5.94. The van der Waals surface area contributed by atoms with Crippen molar-refractivity contribution in [3.8, 4) is 5.75 Å². The Morgan fingerprint density at radius 1 is 1.13 bits per heavy atom. The van der Waals surface area contributed by atoms with Gasteiger partial charge in [-0.1, -0.05) is 30.3 Å². The Kier molecular flexibility index (Phi) is 10.5. The number of carbonyl (C=O) groups excluding carboxylic acids is 1. The molecule has 11 heteroatoms. The molecule has 38 heavy (non-hydrogen) atoms. The molecule has 0 aliphatic carbocycles. The molecular formula is C27H38N2O8S. The minimum atomic E-state index is -3.73. The van der Waals surface area contributed by atoms with Gasteiger partial charge in [-0.2, -0.15) is 5.48 Å². The maximum Gasteiger partial charge on any atom is 0.407 e. The van der Waals surface area contributed by atoms with E-state index in [1.807, 2.05) is 30.3 Å². The zero-order chi connectivity index (χ0) is 27.8. The maximum atomic E-state index is 13.0. The van der Waals surface area contributed by atoms with E-state index in [2.05, 4.69) is 10.8 Å². The molecule has 0 saturated carbocycles. The first-order valence-electron chi connectivity index (χ1n) is 12.6. The van der Waals surface area contributed by atoms with Crippen molar-refractivity contribution in [2.24, 2.45) is 0 Å². The number of benzene rings is 2. The Balaban J connectivity index is 1.56. The van der Waals surface area contributed by atoms with Crippen LogP contribution in [0.1, 0.15) is 39.2 Å². The summed E-state index contributed by atoms with van der Waals surface area (Å²) in [5.74, 6) is 0.559. The fourth-order valence-electron chi connectivity index (χ4n) is 3.98. The molecule has 1 heterocycles. The number of ether oxygens (including phenoxy) is 3. The highest BCUT2D eigenvalue weighted by molar-refractivity contribution is 7.91. The number of nitrogens with one attached hydrogen (secondary N) is 2. The molecule has 1 amide bonds. The van der Waals surface area contributed by atoms with Gasteiger partial charge in [0.2, 0.25) is 9.84 Å². The van der Waals surface area contributed by atoms with E-state index in [4.69, 9.17) is 19.0 Å². The van der Waals surface area contributed by atoms with Gasteiger partial charge in [-0.25, -0.2) is 13.2 Å². The van der Waals surface area contributed by atoms with Crippen molar-refractivity contribution < 1.29 is 37.4 Å². The quantitative estimate of drug-likeness (QED) is 0.361. The molecule has 0 bridgehead atoms. The fourth-order valence-corrected chi connectivity index (χ4v) is 5.54. The van der Waals surface area contributed by atoms with Crippen LogP contribution in [-0.4, -0.2) is 69.2 Å². The molecule has 4 atom stereocenters. The molecule has 1 saturated heterocycles. The first-order valence-corrected chi connectivity index (χ1v) is 14.1. The van der Waals surface area contributed by atoms with E-state index in [-0.39, 0.29) is 24.5 Å². The summed E-state index contributed by atoms with van der Waals surface area (Å²) < 4.78 is 42.1. The van der Waals surface area contributed by atoms with Crippen molar-refractivity contribution in [3.05, 3.63) is 60.2 Å². The smallest absolute Gasteiger partial charge is 0.407 e. The average molecular weight is 551 g/mol. The summed E-state index contributed by atoms with van der Waals surface area (Å²) in [7, 11) is -2.22. The van der Waals surface area contributed by atoms with Crippen molar-refractivity contribution in [2.45, 2.75) is 74.2 Å². The highest BCUT2D eigenvalue weighted by Crippen LogP contribution is 2.27. The molecule has 1 fully saturated rings. The lowest BCUT2D eigenvalue weighted by atomic mass is 10.0. The van der Waals surface area contributed by atoms with Gasteiger partial charge in [-0.3, -0.25) is 4.84 Å². The molecule has 210 valence electrons. The van der Waals surface area contributed by atoms with Crippen molar-refractivity contribution in [1.82, 2.24) is 10.8 Å². The number of hydrogen-bond donors (Lipinski definition) is 3. The average Bonchev–Trinajstić information content (AvgIpc) is 2.88. The van der Waals surface area contributed by atoms with E-state index >= 15 is 0 Å². The molecular weight excluding hydrogens is 512 g/mol. The van der Waals surface area contributed by atoms with E-state index in [1.54, 1.807) is 32.9 Å². The molecule has 0 radical (unpaired) electrons. The predicted molar refractivity (Wildman–Crippen MR) is 141 cm³/mol. The summed E-state index contributed by atoms with van der Waals surface area (Å²) >= 11 is 0. The van der Waals surface area contributed by atoms with E-state index in [1.165, 1.54) is 19.2 Å². The number of hydroxylamine groups is 1. The van der Waals surface area contributed by atoms with Gasteiger partial charge < -0.3 is 24.6 Å². The Morgan fingerprint density at radius 2 is 1.82 bits per heavy atom. The zero-order valence-corrected chi connectivity index (χ0v) is 23.1. The van der Waals surface area contributed by atoms with Crippen LogP contribution in [0.4, 0.5) is 4.79 Å². The molecule has 3 N–H and O–H groups in total. The number of hydrogen-bond acceptors (Lipinski definition) is 9. The van der Waals surface area contributed by atoms with Crippen LogP contribution in [0.25, 0.3) is 0 Å². The number of aliphatic hydroxyl groups is 1. The molecule has 2 unspecified atom stereocenters. The van der Waals surface area contributed by atoms with E-state index in [0.717, 1.165) is 5.56 Å². The number of sulfone groups is 1. The monoisotopic (exact) mass is 550 g/mol.